The quantitative estimate of drug-likeness (QED) is 0.722. The minimum absolute atomic E-state index is 0.793. The zero-order chi connectivity index (χ0) is 11.7. The SMILES string of the molecule is Cc1[nH]c(-c2ccccc2)nc1-c1ccco1. The van der Waals surface area contributed by atoms with Crippen molar-refractivity contribution in [1.82, 2.24) is 9.97 Å². The normalized spacial score (nSPS) is 10.6. The van der Waals surface area contributed by atoms with Crippen LogP contribution in [0.5, 0.6) is 0 Å². The first-order valence-corrected chi connectivity index (χ1v) is 5.50. The van der Waals surface area contributed by atoms with Crippen LogP contribution in [0, 0.1) is 6.92 Å². The van der Waals surface area contributed by atoms with Gasteiger partial charge < -0.3 is 9.40 Å². The van der Waals surface area contributed by atoms with Crippen LogP contribution in [-0.2, 0) is 0 Å². The molecule has 3 nitrogen and oxygen atoms in total. The van der Waals surface area contributed by atoms with Crippen molar-refractivity contribution in [2.45, 2.75) is 6.92 Å². The van der Waals surface area contributed by atoms with E-state index in [2.05, 4.69) is 9.97 Å². The molecule has 2 heterocycles. The topological polar surface area (TPSA) is 41.8 Å². The highest BCUT2D eigenvalue weighted by Gasteiger charge is 2.11. The van der Waals surface area contributed by atoms with E-state index < -0.39 is 0 Å². The lowest BCUT2D eigenvalue weighted by atomic mass is 10.2. The summed E-state index contributed by atoms with van der Waals surface area (Å²) in [4.78, 5) is 7.85. The van der Waals surface area contributed by atoms with Gasteiger partial charge in [-0.15, -0.1) is 0 Å². The number of hydrogen-bond acceptors (Lipinski definition) is 2. The van der Waals surface area contributed by atoms with Crippen molar-refractivity contribution < 1.29 is 4.42 Å². The van der Waals surface area contributed by atoms with E-state index in [0.717, 1.165) is 28.5 Å². The van der Waals surface area contributed by atoms with E-state index in [4.69, 9.17) is 4.42 Å². The maximum absolute atomic E-state index is 5.37. The summed E-state index contributed by atoms with van der Waals surface area (Å²) < 4.78 is 5.37. The number of hydrogen-bond donors (Lipinski definition) is 1. The van der Waals surface area contributed by atoms with Gasteiger partial charge in [-0.25, -0.2) is 4.98 Å². The minimum atomic E-state index is 0.793. The zero-order valence-electron chi connectivity index (χ0n) is 9.47. The monoisotopic (exact) mass is 224 g/mol. The molecule has 0 radical (unpaired) electrons. The van der Waals surface area contributed by atoms with Gasteiger partial charge in [-0.3, -0.25) is 0 Å². The number of rotatable bonds is 2. The number of aromatic amines is 1. The average Bonchev–Trinajstić information content (AvgIpc) is 2.99. The molecule has 1 N–H and O–H groups in total. The lowest BCUT2D eigenvalue weighted by molar-refractivity contribution is 0.580. The first-order chi connectivity index (χ1) is 8.34. The number of aromatic nitrogens is 2. The minimum Gasteiger partial charge on any atom is -0.463 e. The Morgan fingerprint density at radius 1 is 1.06 bits per heavy atom. The van der Waals surface area contributed by atoms with Gasteiger partial charge >= 0.3 is 0 Å². The molecular formula is C14H12N2O. The van der Waals surface area contributed by atoms with Gasteiger partial charge in [-0.2, -0.15) is 0 Å². The average molecular weight is 224 g/mol. The molecule has 0 bridgehead atoms. The summed E-state index contributed by atoms with van der Waals surface area (Å²) in [7, 11) is 0. The molecule has 3 heteroatoms. The van der Waals surface area contributed by atoms with Crippen molar-refractivity contribution in [3.63, 3.8) is 0 Å². The highest BCUT2D eigenvalue weighted by Crippen LogP contribution is 2.25. The number of benzene rings is 1. The van der Waals surface area contributed by atoms with Gasteiger partial charge in [0.25, 0.3) is 0 Å². The van der Waals surface area contributed by atoms with Crippen LogP contribution in [0.15, 0.2) is 53.1 Å². The van der Waals surface area contributed by atoms with Gasteiger partial charge in [-0.05, 0) is 19.1 Å². The van der Waals surface area contributed by atoms with Gasteiger partial charge in [0, 0.05) is 11.3 Å². The first-order valence-electron chi connectivity index (χ1n) is 5.50. The smallest absolute Gasteiger partial charge is 0.154 e. The van der Waals surface area contributed by atoms with Gasteiger partial charge in [0.05, 0.1) is 6.26 Å². The summed E-state index contributed by atoms with van der Waals surface area (Å²) in [5.41, 5.74) is 2.96. The highest BCUT2D eigenvalue weighted by molar-refractivity contribution is 5.63. The van der Waals surface area contributed by atoms with Crippen molar-refractivity contribution in [2.24, 2.45) is 0 Å². The fourth-order valence-electron chi connectivity index (χ4n) is 1.85. The predicted octanol–water partition coefficient (Wildman–Crippen LogP) is 3.65. The Morgan fingerprint density at radius 3 is 2.59 bits per heavy atom. The summed E-state index contributed by atoms with van der Waals surface area (Å²) in [5.74, 6) is 1.66. The Hall–Kier alpha value is -2.29. The molecule has 17 heavy (non-hydrogen) atoms. The molecule has 0 aliphatic heterocycles. The molecule has 3 aromatic rings. The first kappa shape index (κ1) is 9.90. The van der Waals surface area contributed by atoms with E-state index in [1.54, 1.807) is 6.26 Å². The number of furan rings is 1. The van der Waals surface area contributed by atoms with E-state index in [-0.39, 0.29) is 0 Å². The summed E-state index contributed by atoms with van der Waals surface area (Å²) in [6.45, 7) is 2.00. The molecule has 0 fully saturated rings. The molecule has 2 aromatic heterocycles. The number of nitrogens with one attached hydrogen (secondary N) is 1. The Balaban J connectivity index is 2.08. The number of nitrogens with zero attached hydrogens (tertiary/aromatic N) is 1. The molecule has 0 saturated carbocycles. The Bertz CT molecular complexity index is 609. The van der Waals surface area contributed by atoms with Crippen LogP contribution in [-0.4, -0.2) is 9.97 Å². The van der Waals surface area contributed by atoms with Crippen molar-refractivity contribution >= 4 is 0 Å². The van der Waals surface area contributed by atoms with Gasteiger partial charge in [0.15, 0.2) is 5.76 Å². The summed E-state index contributed by atoms with van der Waals surface area (Å²) in [5, 5.41) is 0. The fraction of sp³-hybridized carbons (Fsp3) is 0.0714. The van der Waals surface area contributed by atoms with E-state index in [1.807, 2.05) is 49.4 Å². The van der Waals surface area contributed by atoms with Crippen molar-refractivity contribution in [1.29, 1.82) is 0 Å². The van der Waals surface area contributed by atoms with Crippen molar-refractivity contribution in [2.75, 3.05) is 0 Å². The van der Waals surface area contributed by atoms with Crippen LogP contribution in [0.25, 0.3) is 22.8 Å². The van der Waals surface area contributed by atoms with Crippen LogP contribution >= 0.6 is 0 Å². The van der Waals surface area contributed by atoms with Crippen LogP contribution in [0.4, 0.5) is 0 Å². The van der Waals surface area contributed by atoms with Crippen LogP contribution < -0.4 is 0 Å². The van der Waals surface area contributed by atoms with E-state index in [1.165, 1.54) is 0 Å². The second kappa shape index (κ2) is 3.94. The Morgan fingerprint density at radius 2 is 1.88 bits per heavy atom. The molecule has 84 valence electrons. The third-order valence-electron chi connectivity index (χ3n) is 2.69. The van der Waals surface area contributed by atoms with E-state index in [9.17, 15) is 0 Å². The largest absolute Gasteiger partial charge is 0.463 e. The zero-order valence-corrected chi connectivity index (χ0v) is 9.47. The molecule has 3 rings (SSSR count). The molecular weight excluding hydrogens is 212 g/mol. The summed E-state index contributed by atoms with van der Waals surface area (Å²) in [6.07, 6.45) is 1.66. The number of aryl methyl sites for hydroxylation is 1. The maximum atomic E-state index is 5.37. The maximum Gasteiger partial charge on any atom is 0.154 e. The third kappa shape index (κ3) is 1.76. The Labute approximate surface area is 99.1 Å². The van der Waals surface area contributed by atoms with Gasteiger partial charge in [0.2, 0.25) is 0 Å². The molecule has 0 atom stereocenters. The van der Waals surface area contributed by atoms with E-state index in [0.29, 0.717) is 0 Å². The molecule has 0 aliphatic rings. The van der Waals surface area contributed by atoms with Gasteiger partial charge in [-0.1, -0.05) is 30.3 Å². The standard InChI is InChI=1S/C14H12N2O/c1-10-13(12-8-5-9-17-12)16-14(15-10)11-6-3-2-4-7-11/h2-9H,1H3,(H,15,16). The molecule has 0 unspecified atom stereocenters. The van der Waals surface area contributed by atoms with Crippen molar-refractivity contribution in [3.05, 3.63) is 54.4 Å². The molecule has 0 aliphatic carbocycles. The molecule has 0 spiro atoms. The van der Waals surface area contributed by atoms with Crippen LogP contribution in [0.2, 0.25) is 0 Å². The second-order valence-electron chi connectivity index (χ2n) is 3.90. The lowest BCUT2D eigenvalue weighted by Crippen LogP contribution is -1.79. The van der Waals surface area contributed by atoms with Gasteiger partial charge in [0.1, 0.15) is 11.5 Å². The van der Waals surface area contributed by atoms with E-state index >= 15 is 0 Å². The predicted molar refractivity (Wildman–Crippen MR) is 66.5 cm³/mol. The second-order valence-corrected chi connectivity index (χ2v) is 3.90. The fourth-order valence-corrected chi connectivity index (χ4v) is 1.85. The molecule has 0 amide bonds. The van der Waals surface area contributed by atoms with Crippen LogP contribution in [0.3, 0.4) is 0 Å². The summed E-state index contributed by atoms with van der Waals surface area (Å²) >= 11 is 0. The van der Waals surface area contributed by atoms with Crippen LogP contribution in [0.1, 0.15) is 5.69 Å². The molecule has 1 aromatic carbocycles. The van der Waals surface area contributed by atoms with Crippen molar-refractivity contribution in [3.8, 4) is 22.8 Å². The molecule has 0 saturated heterocycles. The highest BCUT2D eigenvalue weighted by atomic mass is 16.3. The summed E-state index contributed by atoms with van der Waals surface area (Å²) in [6, 6.07) is 13.8. The number of imidazole rings is 1. The Kier molecular flexibility index (Phi) is 2.29. The lowest BCUT2D eigenvalue weighted by Gasteiger charge is -1.93. The third-order valence-corrected chi connectivity index (χ3v) is 2.69. The number of H-pyrrole nitrogens is 1.